The molecule has 0 radical (unpaired) electrons. The topological polar surface area (TPSA) is 9.23 Å². The van der Waals surface area contributed by atoms with Gasteiger partial charge in [0, 0.05) is 0 Å². The van der Waals surface area contributed by atoms with Crippen LogP contribution in [0.4, 0.5) is 0 Å². The Hall–Kier alpha value is 1.28. The van der Waals surface area contributed by atoms with Crippen LogP contribution < -0.4 is 0 Å². The highest BCUT2D eigenvalue weighted by Gasteiger charge is 1.91. The van der Waals surface area contributed by atoms with Gasteiger partial charge in [-0.15, -0.1) is 0 Å². The lowest BCUT2D eigenvalue weighted by atomic mass is 10.2. The summed E-state index contributed by atoms with van der Waals surface area (Å²) in [6.07, 6.45) is 4.08. The van der Waals surface area contributed by atoms with Crippen molar-refractivity contribution in [3.05, 3.63) is 11.6 Å². The van der Waals surface area contributed by atoms with Gasteiger partial charge in [-0.1, -0.05) is 11.6 Å². The van der Waals surface area contributed by atoms with Crippen molar-refractivity contribution in [2.24, 2.45) is 0 Å². The minimum absolute atomic E-state index is 0.572. The van der Waals surface area contributed by atoms with Gasteiger partial charge < -0.3 is 4.18 Å². The highest BCUT2D eigenvalue weighted by molar-refractivity contribution is 9.03. The van der Waals surface area contributed by atoms with Crippen molar-refractivity contribution in [1.29, 1.82) is 0 Å². The Kier molecular flexibility index (Phi) is 8.23. The van der Waals surface area contributed by atoms with Gasteiger partial charge in [0.25, 0.3) is 0 Å². The molecule has 0 fully saturated rings. The number of hydrogen-bond acceptors (Lipinski definition) is 6. The van der Waals surface area contributed by atoms with Crippen LogP contribution in [-0.2, 0) is 62.4 Å². The fourth-order valence-electron chi connectivity index (χ4n) is 0.674. The molecule has 0 aromatic carbocycles. The van der Waals surface area contributed by atoms with E-state index in [4.69, 9.17) is 48.9 Å². The first-order valence-electron chi connectivity index (χ1n) is 3.99. The van der Waals surface area contributed by atoms with E-state index in [2.05, 4.69) is 19.9 Å². The molecule has 0 aliphatic heterocycles. The van der Waals surface area contributed by atoms with Gasteiger partial charge in [0.2, 0.25) is 0 Å². The second kappa shape index (κ2) is 7.54. The molecule has 0 spiro atoms. The van der Waals surface area contributed by atoms with E-state index in [0.29, 0.717) is 6.61 Å². The van der Waals surface area contributed by atoms with E-state index in [1.54, 1.807) is 0 Å². The third kappa shape index (κ3) is 7.56. The lowest BCUT2D eigenvalue weighted by molar-refractivity contribution is 0.366. The predicted molar refractivity (Wildman–Crippen MR) is 78.8 cm³/mol. The summed E-state index contributed by atoms with van der Waals surface area (Å²) >= 11 is 19.8. The second-order valence-electron chi connectivity index (χ2n) is 2.86. The van der Waals surface area contributed by atoms with Gasteiger partial charge in [-0.05, 0) is 55.5 Å². The molecule has 14 heavy (non-hydrogen) atoms. The summed E-state index contributed by atoms with van der Waals surface area (Å²) < 4.78 is 5.36. The van der Waals surface area contributed by atoms with Crippen molar-refractivity contribution in [1.82, 2.24) is 0 Å². The van der Waals surface area contributed by atoms with Crippen molar-refractivity contribution < 1.29 is 4.18 Å². The Morgan fingerprint density at radius 1 is 1.36 bits per heavy atom. The van der Waals surface area contributed by atoms with Crippen molar-refractivity contribution in [3.63, 3.8) is 0 Å². The fraction of sp³-hybridized carbons (Fsp3) is 0.714. The molecular weight excluding hydrogens is 292 g/mol. The van der Waals surface area contributed by atoms with Crippen LogP contribution in [0.25, 0.3) is 0 Å². The first-order valence-corrected chi connectivity index (χ1v) is 11.0. The number of unbranched alkanes of at least 4 members (excludes halogenated alkanes) is 1. The van der Waals surface area contributed by atoms with Crippen LogP contribution in [0.1, 0.15) is 26.7 Å². The average molecular weight is 306 g/mol. The SMILES string of the molecule is CC(C)=CCCCOS(=S)(=S)[S-](=S)=S. The van der Waals surface area contributed by atoms with Crippen LogP contribution in [-0.4, -0.2) is 6.61 Å². The van der Waals surface area contributed by atoms with Crippen molar-refractivity contribution >= 4 is 58.3 Å². The second-order valence-corrected chi connectivity index (χ2v) is 15.3. The summed E-state index contributed by atoms with van der Waals surface area (Å²) in [5.74, 6) is 0. The Labute approximate surface area is 107 Å². The molecule has 0 unspecified atom stereocenters. The minimum atomic E-state index is -2.00. The maximum atomic E-state index is 5.36. The molecule has 0 aliphatic rings. The van der Waals surface area contributed by atoms with E-state index in [-0.39, 0.29) is 0 Å². The predicted octanol–water partition coefficient (Wildman–Crippen LogP) is 2.20. The zero-order valence-corrected chi connectivity index (χ0v) is 13.0. The van der Waals surface area contributed by atoms with E-state index in [1.165, 1.54) is 5.57 Å². The summed E-state index contributed by atoms with van der Waals surface area (Å²) in [6, 6.07) is 0. The minimum Gasteiger partial charge on any atom is -0.328 e. The molecule has 0 amide bonds. The molecule has 0 aromatic rings. The van der Waals surface area contributed by atoms with Crippen molar-refractivity contribution in [2.45, 2.75) is 26.7 Å². The molecule has 0 rings (SSSR count). The van der Waals surface area contributed by atoms with E-state index in [0.717, 1.165) is 12.8 Å². The highest BCUT2D eigenvalue weighted by Crippen LogP contribution is 2.02. The van der Waals surface area contributed by atoms with Gasteiger partial charge in [-0.25, -0.2) is 22.4 Å². The molecule has 0 heterocycles. The Morgan fingerprint density at radius 3 is 2.36 bits per heavy atom. The summed E-state index contributed by atoms with van der Waals surface area (Å²) in [6.45, 7) is 2.72. The number of allylic oxidation sites excluding steroid dienone is 2. The summed E-state index contributed by atoms with van der Waals surface area (Å²) in [5.41, 5.74) is 1.31. The van der Waals surface area contributed by atoms with Crippen LogP contribution in [0, 0.1) is 0 Å². The zero-order chi connectivity index (χ0) is 11.2. The molecule has 0 N–H and O–H groups in total. The Morgan fingerprint density at radius 2 is 1.93 bits per heavy atom. The molecule has 0 aliphatic carbocycles. The normalized spacial score (nSPS) is 11.6. The Balaban J connectivity index is 3.82. The van der Waals surface area contributed by atoms with Gasteiger partial charge >= 0.3 is 0 Å². The quantitative estimate of drug-likeness (QED) is 0.321. The van der Waals surface area contributed by atoms with Crippen LogP contribution in [0.5, 0.6) is 0 Å². The average Bonchev–Trinajstić information content (AvgIpc) is 2.02. The van der Waals surface area contributed by atoms with Crippen molar-refractivity contribution in [3.8, 4) is 0 Å². The van der Waals surface area contributed by atoms with Gasteiger partial charge in [0.1, 0.15) is 0 Å². The standard InChI is InChI=1S/C7H13OS6/c1-7(2)5-3-4-6-8-14(11,12)13(9)10/h5H,3-4,6H2,1-2H3/q-1. The van der Waals surface area contributed by atoms with E-state index < -0.39 is 13.5 Å². The molecule has 0 saturated carbocycles. The smallest absolute Gasteiger partial charge is 0.0601 e. The van der Waals surface area contributed by atoms with Gasteiger partial charge in [0.15, 0.2) is 0 Å². The van der Waals surface area contributed by atoms with Crippen LogP contribution in [0.3, 0.4) is 0 Å². The molecule has 0 saturated heterocycles. The molecular formula is C7H13OS6-. The number of rotatable bonds is 6. The molecule has 0 bridgehead atoms. The van der Waals surface area contributed by atoms with E-state index >= 15 is 0 Å². The zero-order valence-electron chi connectivity index (χ0n) is 8.06. The van der Waals surface area contributed by atoms with Gasteiger partial charge in [0.05, 0.1) is 6.61 Å². The molecule has 7 heteroatoms. The lowest BCUT2D eigenvalue weighted by Gasteiger charge is -2.14. The van der Waals surface area contributed by atoms with E-state index in [9.17, 15) is 0 Å². The summed E-state index contributed by atoms with van der Waals surface area (Å²) in [4.78, 5) is 0. The van der Waals surface area contributed by atoms with E-state index in [1.807, 2.05) is 0 Å². The largest absolute Gasteiger partial charge is 0.328 e. The third-order valence-corrected chi connectivity index (χ3v) is 13.0. The molecule has 1 nitrogen and oxygen atoms in total. The maximum Gasteiger partial charge on any atom is 0.0601 e. The lowest BCUT2D eigenvalue weighted by Crippen LogP contribution is -2.03. The van der Waals surface area contributed by atoms with Crippen LogP contribution in [0.2, 0.25) is 0 Å². The van der Waals surface area contributed by atoms with Gasteiger partial charge in [-0.2, -0.15) is 0 Å². The third-order valence-electron chi connectivity index (χ3n) is 1.30. The van der Waals surface area contributed by atoms with Crippen LogP contribution in [0.15, 0.2) is 11.6 Å². The van der Waals surface area contributed by atoms with Crippen molar-refractivity contribution in [2.75, 3.05) is 6.61 Å². The highest BCUT2D eigenvalue weighted by atomic mass is 33.7. The maximum absolute atomic E-state index is 5.36. The summed E-state index contributed by atoms with van der Waals surface area (Å²) in [7, 11) is -0.798. The first kappa shape index (κ1) is 15.3. The molecule has 0 atom stereocenters. The fourth-order valence-corrected chi connectivity index (χ4v) is 2.63. The summed E-state index contributed by atoms with van der Waals surface area (Å²) in [5, 5.41) is 0. The van der Waals surface area contributed by atoms with Gasteiger partial charge in [-0.3, -0.25) is 7.05 Å². The number of hydrogen-bond donors (Lipinski definition) is 0. The monoisotopic (exact) mass is 305 g/mol. The Bertz CT molecular complexity index is 350. The van der Waals surface area contributed by atoms with Crippen LogP contribution >= 0.6 is 0 Å². The molecule has 84 valence electrons. The molecule has 0 aromatic heterocycles. The first-order chi connectivity index (χ1) is 6.36.